The van der Waals surface area contributed by atoms with Crippen molar-refractivity contribution in [3.8, 4) is 5.75 Å². The lowest BCUT2D eigenvalue weighted by Crippen LogP contribution is -2.61. The highest BCUT2D eigenvalue weighted by atomic mass is 32.2. The number of likely N-dealkylation sites (tertiary alicyclic amines) is 1. The van der Waals surface area contributed by atoms with Crippen LogP contribution in [0.15, 0.2) is 43.0 Å². The van der Waals surface area contributed by atoms with E-state index < -0.39 is 14.3 Å². The van der Waals surface area contributed by atoms with Crippen molar-refractivity contribution in [2.45, 2.75) is 50.7 Å². The van der Waals surface area contributed by atoms with Crippen LogP contribution in [0.3, 0.4) is 0 Å². The number of carbonyl (C=O) groups excluding carboxylic acids is 2. The largest absolute Gasteiger partial charge is 0.460 e. The van der Waals surface area contributed by atoms with Gasteiger partial charge in [-0.25, -0.2) is 0 Å². The molecule has 2 atom stereocenters. The van der Waals surface area contributed by atoms with Crippen LogP contribution in [-0.4, -0.2) is 54.6 Å². The molecule has 1 aromatic carbocycles. The van der Waals surface area contributed by atoms with Gasteiger partial charge in [-0.2, -0.15) is 0 Å². The SMILES string of the molecule is C=CCOC(=O)CN1C(=O)[C@H](CCO[Si](C)(C)C(C)(C)C)[C@H]1SC(=S)Oc1ccccc1. The molecule has 0 N–H and O–H groups in total. The van der Waals surface area contributed by atoms with Gasteiger partial charge in [0.25, 0.3) is 0 Å². The normalized spacial score (nSPS) is 18.7. The van der Waals surface area contributed by atoms with Crippen molar-refractivity contribution < 1.29 is 23.5 Å². The predicted octanol–water partition coefficient (Wildman–Crippen LogP) is 5.01. The van der Waals surface area contributed by atoms with Gasteiger partial charge in [-0.05, 0) is 48.9 Å². The van der Waals surface area contributed by atoms with Crippen LogP contribution in [0.1, 0.15) is 27.2 Å². The fourth-order valence-corrected chi connectivity index (χ4v) is 5.39. The molecule has 2 rings (SSSR count). The fourth-order valence-electron chi connectivity index (χ4n) is 2.88. The lowest BCUT2D eigenvalue weighted by molar-refractivity contribution is -0.160. The van der Waals surface area contributed by atoms with E-state index in [0.29, 0.717) is 23.2 Å². The number of benzene rings is 1. The number of rotatable bonds is 10. The molecule has 1 aliphatic heterocycles. The highest BCUT2D eigenvalue weighted by Gasteiger charge is 2.49. The number of esters is 1. The van der Waals surface area contributed by atoms with E-state index in [1.807, 2.05) is 30.3 Å². The summed E-state index contributed by atoms with van der Waals surface area (Å²) in [6, 6.07) is 9.24. The second kappa shape index (κ2) is 11.4. The minimum absolute atomic E-state index is 0.0941. The van der Waals surface area contributed by atoms with Crippen LogP contribution >= 0.6 is 24.0 Å². The summed E-state index contributed by atoms with van der Waals surface area (Å²) in [7, 11) is -1.91. The average Bonchev–Trinajstić information content (AvgIpc) is 2.72. The first kappa shape index (κ1) is 26.6. The Morgan fingerprint density at radius 2 is 1.94 bits per heavy atom. The maximum absolute atomic E-state index is 12.8. The molecule has 0 unspecified atom stereocenters. The van der Waals surface area contributed by atoms with E-state index in [1.54, 1.807) is 0 Å². The second-order valence-electron chi connectivity index (χ2n) is 9.12. The first-order valence-corrected chi connectivity index (χ1v) is 14.8. The third-order valence-corrected chi connectivity index (χ3v) is 11.8. The standard InChI is InChI=1S/C23H33NO5S2Si/c1-7-14-27-19(25)16-24-20(26)18(13-15-28-32(5,6)23(2,3)4)21(24)31-22(30)29-17-11-9-8-10-12-17/h7-12,18,21H,1,13-16H2,2-6H3/t18-,21+/m0/s1. The Morgan fingerprint density at radius 1 is 1.28 bits per heavy atom. The van der Waals surface area contributed by atoms with E-state index in [0.717, 1.165) is 0 Å². The summed E-state index contributed by atoms with van der Waals surface area (Å²) in [6.07, 6.45) is 2.06. The number of hydrogen-bond donors (Lipinski definition) is 0. The van der Waals surface area contributed by atoms with Crippen molar-refractivity contribution in [1.82, 2.24) is 4.90 Å². The number of β-lactam (4-membered cyclic amide) rings is 1. The van der Waals surface area contributed by atoms with E-state index in [4.69, 9.17) is 26.1 Å². The summed E-state index contributed by atoms with van der Waals surface area (Å²) < 4.78 is 17.3. The van der Waals surface area contributed by atoms with Crippen LogP contribution < -0.4 is 4.74 Å². The number of thiocarbonyl (C=S) groups is 1. The van der Waals surface area contributed by atoms with E-state index in [9.17, 15) is 9.59 Å². The molecule has 9 heteroatoms. The van der Waals surface area contributed by atoms with E-state index in [1.165, 1.54) is 22.7 Å². The molecule has 0 spiro atoms. The average molecular weight is 496 g/mol. The molecule has 1 aromatic rings. The Kier molecular flexibility index (Phi) is 9.50. The summed E-state index contributed by atoms with van der Waals surface area (Å²) in [4.78, 5) is 26.4. The highest BCUT2D eigenvalue weighted by molar-refractivity contribution is 8.23. The molecule has 1 amide bonds. The Hall–Kier alpha value is -1.68. The topological polar surface area (TPSA) is 65.1 Å². The summed E-state index contributed by atoms with van der Waals surface area (Å²) in [5.41, 5.74) is 0. The van der Waals surface area contributed by atoms with Gasteiger partial charge in [0.2, 0.25) is 10.3 Å². The van der Waals surface area contributed by atoms with Crippen molar-refractivity contribution in [1.29, 1.82) is 0 Å². The predicted molar refractivity (Wildman–Crippen MR) is 135 cm³/mol. The molecule has 0 radical (unpaired) electrons. The lowest BCUT2D eigenvalue weighted by Gasteiger charge is -2.46. The molecular weight excluding hydrogens is 462 g/mol. The minimum Gasteiger partial charge on any atom is -0.460 e. The number of amides is 1. The summed E-state index contributed by atoms with van der Waals surface area (Å²) in [5, 5.41) is -0.213. The molecule has 32 heavy (non-hydrogen) atoms. The number of hydrogen-bond acceptors (Lipinski definition) is 7. The van der Waals surface area contributed by atoms with Crippen molar-refractivity contribution in [3.05, 3.63) is 43.0 Å². The lowest BCUT2D eigenvalue weighted by atomic mass is 9.95. The van der Waals surface area contributed by atoms with Crippen LogP contribution in [-0.2, 0) is 18.8 Å². The van der Waals surface area contributed by atoms with Gasteiger partial charge in [0.1, 0.15) is 18.9 Å². The number of ether oxygens (including phenoxy) is 2. The molecule has 176 valence electrons. The van der Waals surface area contributed by atoms with E-state index in [-0.39, 0.29) is 35.4 Å². The summed E-state index contributed by atoms with van der Waals surface area (Å²) in [5.74, 6) is -0.242. The van der Waals surface area contributed by atoms with Crippen molar-refractivity contribution in [3.63, 3.8) is 0 Å². The molecule has 0 bridgehead atoms. The molecule has 1 aliphatic rings. The number of para-hydroxylation sites is 1. The first-order chi connectivity index (χ1) is 15.0. The molecule has 0 aliphatic carbocycles. The molecule has 0 aromatic heterocycles. The van der Waals surface area contributed by atoms with Gasteiger partial charge in [-0.3, -0.25) is 9.59 Å². The Labute approximate surface area is 201 Å². The van der Waals surface area contributed by atoms with Gasteiger partial charge < -0.3 is 18.8 Å². The monoisotopic (exact) mass is 495 g/mol. The van der Waals surface area contributed by atoms with E-state index in [2.05, 4.69) is 40.4 Å². The fraction of sp³-hybridized carbons (Fsp3) is 0.522. The third-order valence-electron chi connectivity index (χ3n) is 5.77. The van der Waals surface area contributed by atoms with Gasteiger partial charge in [0, 0.05) is 6.61 Å². The Balaban J connectivity index is 2.02. The van der Waals surface area contributed by atoms with Gasteiger partial charge in [0.05, 0.1) is 11.3 Å². The van der Waals surface area contributed by atoms with Gasteiger partial charge in [-0.15, -0.1) is 0 Å². The molecule has 1 fully saturated rings. The second-order valence-corrected chi connectivity index (χ2v) is 15.6. The molecule has 1 heterocycles. The highest BCUT2D eigenvalue weighted by Crippen LogP contribution is 2.40. The third kappa shape index (κ3) is 7.16. The van der Waals surface area contributed by atoms with Crippen molar-refractivity contribution in [2.24, 2.45) is 5.92 Å². The Morgan fingerprint density at radius 3 is 2.53 bits per heavy atom. The van der Waals surface area contributed by atoms with Crippen molar-refractivity contribution in [2.75, 3.05) is 19.8 Å². The number of nitrogens with zero attached hydrogens (tertiary/aromatic N) is 1. The first-order valence-electron chi connectivity index (χ1n) is 10.6. The molecule has 1 saturated heterocycles. The van der Waals surface area contributed by atoms with Crippen LogP contribution in [0.25, 0.3) is 0 Å². The smallest absolute Gasteiger partial charge is 0.325 e. The van der Waals surface area contributed by atoms with Crippen molar-refractivity contribution >= 4 is 48.6 Å². The quantitative estimate of drug-likeness (QED) is 0.149. The summed E-state index contributed by atoms with van der Waals surface area (Å²) >= 11 is 6.68. The van der Waals surface area contributed by atoms with Gasteiger partial charge >= 0.3 is 5.97 Å². The number of carbonyl (C=O) groups is 2. The zero-order valence-electron chi connectivity index (χ0n) is 19.5. The van der Waals surface area contributed by atoms with Crippen LogP contribution in [0, 0.1) is 5.92 Å². The summed E-state index contributed by atoms with van der Waals surface area (Å²) in [6.45, 7) is 14.9. The van der Waals surface area contributed by atoms with Crippen LogP contribution in [0.2, 0.25) is 18.1 Å². The Bertz CT molecular complexity index is 825. The van der Waals surface area contributed by atoms with Crippen LogP contribution in [0.4, 0.5) is 0 Å². The van der Waals surface area contributed by atoms with Gasteiger partial charge in [0.15, 0.2) is 8.32 Å². The zero-order valence-corrected chi connectivity index (χ0v) is 22.1. The van der Waals surface area contributed by atoms with Gasteiger partial charge in [-0.1, -0.05) is 63.4 Å². The minimum atomic E-state index is -1.91. The van der Waals surface area contributed by atoms with Crippen LogP contribution in [0.5, 0.6) is 5.75 Å². The maximum Gasteiger partial charge on any atom is 0.325 e. The molecule has 0 saturated carbocycles. The maximum atomic E-state index is 12.8. The van der Waals surface area contributed by atoms with E-state index >= 15 is 0 Å². The molecular formula is C23H33NO5S2Si. The number of thioether (sulfide) groups is 1. The zero-order chi connectivity index (χ0) is 23.9. The molecule has 6 nitrogen and oxygen atoms in total.